The van der Waals surface area contributed by atoms with E-state index in [0.717, 1.165) is 55.8 Å². The highest BCUT2D eigenvalue weighted by Crippen LogP contribution is 2.42. The van der Waals surface area contributed by atoms with Gasteiger partial charge in [-0.3, -0.25) is 0 Å². The van der Waals surface area contributed by atoms with Crippen LogP contribution in [0.25, 0.3) is 82.5 Å². The highest BCUT2D eigenvalue weighted by atomic mass is 16.3. The van der Waals surface area contributed by atoms with Crippen LogP contribution in [0.1, 0.15) is 0 Å². The lowest BCUT2D eigenvalue weighted by atomic mass is 9.99. The largest absolute Gasteiger partial charge is 0.456 e. The summed E-state index contributed by atoms with van der Waals surface area (Å²) in [5.41, 5.74) is 13.3. The lowest BCUT2D eigenvalue weighted by Crippen LogP contribution is -2.10. The first-order valence-corrected chi connectivity index (χ1v) is 18.8. The van der Waals surface area contributed by atoms with E-state index in [-0.39, 0.29) is 0 Å². The van der Waals surface area contributed by atoms with Crippen molar-refractivity contribution in [3.05, 3.63) is 206 Å². The Kier molecular flexibility index (Phi) is 7.17. The van der Waals surface area contributed by atoms with Crippen molar-refractivity contribution >= 4 is 71.6 Å². The lowest BCUT2D eigenvalue weighted by molar-refractivity contribution is 0.669. The molecule has 0 bridgehead atoms. The first-order valence-electron chi connectivity index (χ1n) is 18.8. The molecule has 11 aromatic rings. The van der Waals surface area contributed by atoms with Gasteiger partial charge in [-0.1, -0.05) is 121 Å². The van der Waals surface area contributed by atoms with Gasteiger partial charge in [0.2, 0.25) is 0 Å². The highest BCUT2D eigenvalue weighted by molar-refractivity contribution is 6.11. The quantitative estimate of drug-likeness (QED) is 0.172. The molecule has 0 aliphatic heterocycles. The molecular weight excluding hydrogens is 669 g/mol. The second kappa shape index (κ2) is 12.6. The topological polar surface area (TPSA) is 21.3 Å². The van der Waals surface area contributed by atoms with Crippen molar-refractivity contribution < 1.29 is 4.42 Å². The van der Waals surface area contributed by atoms with Gasteiger partial charge < -0.3 is 13.9 Å². The molecule has 0 atom stereocenters. The Morgan fingerprint density at radius 2 is 0.964 bits per heavy atom. The van der Waals surface area contributed by atoms with E-state index >= 15 is 0 Å². The number of aromatic nitrogens is 1. The van der Waals surface area contributed by atoms with E-state index in [4.69, 9.17) is 4.42 Å². The van der Waals surface area contributed by atoms with Crippen LogP contribution >= 0.6 is 0 Å². The fraction of sp³-hybridized carbons (Fsp3) is 0. The van der Waals surface area contributed by atoms with Crippen molar-refractivity contribution in [2.24, 2.45) is 0 Å². The molecule has 3 nitrogen and oxygen atoms in total. The molecule has 55 heavy (non-hydrogen) atoms. The maximum atomic E-state index is 6.54. The average Bonchev–Trinajstić information content (AvgIpc) is 3.79. The van der Waals surface area contributed by atoms with Crippen LogP contribution in [0.3, 0.4) is 0 Å². The van der Waals surface area contributed by atoms with Gasteiger partial charge in [0.25, 0.3) is 0 Å². The number of hydrogen-bond acceptors (Lipinski definition) is 2. The summed E-state index contributed by atoms with van der Waals surface area (Å²) in [7, 11) is 0. The molecule has 0 radical (unpaired) electrons. The van der Waals surface area contributed by atoms with Crippen molar-refractivity contribution in [1.29, 1.82) is 0 Å². The minimum atomic E-state index is 0.880. The summed E-state index contributed by atoms with van der Waals surface area (Å²) in [4.78, 5) is 2.35. The summed E-state index contributed by atoms with van der Waals surface area (Å²) < 4.78 is 8.89. The van der Waals surface area contributed by atoms with Crippen LogP contribution in [0.2, 0.25) is 0 Å². The molecule has 3 heteroatoms. The van der Waals surface area contributed by atoms with Gasteiger partial charge in [-0.05, 0) is 113 Å². The van der Waals surface area contributed by atoms with Gasteiger partial charge in [-0.15, -0.1) is 0 Å². The fourth-order valence-corrected chi connectivity index (χ4v) is 8.38. The van der Waals surface area contributed by atoms with Crippen LogP contribution in [0.15, 0.2) is 211 Å². The van der Waals surface area contributed by atoms with Crippen LogP contribution in [-0.4, -0.2) is 4.57 Å². The summed E-state index contributed by atoms with van der Waals surface area (Å²) in [5.74, 6) is 0. The standard InChI is InChI=1S/C52H34N2O/c1-3-16-40(17-4-1)53(48-24-12-14-35-13-7-8-21-43(35)48)42-20-11-15-36(31-42)39-25-28-45-47-33-38(27-30-51(47)55-52(45)34-39)37-26-29-50-46(32-37)44-22-9-10-23-49(44)54(50)41-18-5-2-6-19-41/h1-34H. The van der Waals surface area contributed by atoms with Gasteiger partial charge in [-0.2, -0.15) is 0 Å². The zero-order chi connectivity index (χ0) is 36.3. The number of benzene rings is 9. The average molecular weight is 703 g/mol. The second-order valence-electron chi connectivity index (χ2n) is 14.2. The molecule has 0 aliphatic rings. The number of fused-ring (bicyclic) bond motifs is 7. The fourth-order valence-electron chi connectivity index (χ4n) is 8.38. The van der Waals surface area contributed by atoms with E-state index in [1.165, 1.54) is 43.7 Å². The predicted octanol–water partition coefficient (Wildman–Crippen LogP) is 14.6. The smallest absolute Gasteiger partial charge is 0.136 e. The van der Waals surface area contributed by atoms with E-state index in [1.54, 1.807) is 0 Å². The van der Waals surface area contributed by atoms with Gasteiger partial charge in [0.15, 0.2) is 0 Å². The Balaban J connectivity index is 0.985. The number of hydrogen-bond donors (Lipinski definition) is 0. The van der Waals surface area contributed by atoms with Crippen LogP contribution in [-0.2, 0) is 0 Å². The van der Waals surface area contributed by atoms with Gasteiger partial charge in [0, 0.05) is 44.0 Å². The Hall–Kier alpha value is -7.36. The molecule has 2 heterocycles. The predicted molar refractivity (Wildman–Crippen MR) is 231 cm³/mol. The number of anilines is 3. The van der Waals surface area contributed by atoms with Crippen molar-refractivity contribution in [3.8, 4) is 27.9 Å². The van der Waals surface area contributed by atoms with Crippen molar-refractivity contribution in [2.75, 3.05) is 4.90 Å². The lowest BCUT2D eigenvalue weighted by Gasteiger charge is -2.27. The first-order chi connectivity index (χ1) is 27.3. The van der Waals surface area contributed by atoms with E-state index in [0.29, 0.717) is 0 Å². The molecule has 0 amide bonds. The molecule has 0 saturated heterocycles. The van der Waals surface area contributed by atoms with Crippen molar-refractivity contribution in [3.63, 3.8) is 0 Å². The zero-order valence-electron chi connectivity index (χ0n) is 29.9. The van der Waals surface area contributed by atoms with Crippen LogP contribution in [0.4, 0.5) is 17.1 Å². The third-order valence-electron chi connectivity index (χ3n) is 11.0. The van der Waals surface area contributed by atoms with Gasteiger partial charge >= 0.3 is 0 Å². The number of furan rings is 1. The molecular formula is C52H34N2O. The van der Waals surface area contributed by atoms with Crippen LogP contribution in [0.5, 0.6) is 0 Å². The SMILES string of the molecule is c1ccc(N(c2cccc(-c3ccc4c(c3)oc3ccc(-c5ccc6c(c5)c5ccccc5n6-c5ccccc5)cc34)c2)c2cccc3ccccc23)cc1. The molecule has 0 fully saturated rings. The number of nitrogens with zero attached hydrogens (tertiary/aromatic N) is 2. The molecule has 2 aromatic heterocycles. The number of rotatable bonds is 6. The minimum absolute atomic E-state index is 0.880. The maximum absolute atomic E-state index is 6.54. The summed E-state index contributed by atoms with van der Waals surface area (Å²) in [5, 5.41) is 7.14. The van der Waals surface area contributed by atoms with Crippen LogP contribution < -0.4 is 4.90 Å². The molecule has 0 aliphatic carbocycles. The maximum Gasteiger partial charge on any atom is 0.136 e. The Morgan fingerprint density at radius 3 is 1.84 bits per heavy atom. The summed E-state index contributed by atoms with van der Waals surface area (Å²) >= 11 is 0. The molecule has 0 unspecified atom stereocenters. The third kappa shape index (κ3) is 5.20. The Bertz CT molecular complexity index is 3200. The van der Waals surface area contributed by atoms with E-state index in [9.17, 15) is 0 Å². The monoisotopic (exact) mass is 702 g/mol. The third-order valence-corrected chi connectivity index (χ3v) is 11.0. The van der Waals surface area contributed by atoms with Gasteiger partial charge in [0.1, 0.15) is 11.2 Å². The van der Waals surface area contributed by atoms with Crippen LogP contribution in [0, 0.1) is 0 Å². The molecule has 11 rings (SSSR count). The highest BCUT2D eigenvalue weighted by Gasteiger charge is 2.18. The molecule has 0 saturated carbocycles. The Morgan fingerprint density at radius 1 is 0.345 bits per heavy atom. The summed E-state index contributed by atoms with van der Waals surface area (Å²) in [6.45, 7) is 0. The van der Waals surface area contributed by atoms with Crippen molar-refractivity contribution in [2.45, 2.75) is 0 Å². The van der Waals surface area contributed by atoms with Crippen molar-refractivity contribution in [1.82, 2.24) is 4.57 Å². The van der Waals surface area contributed by atoms with E-state index in [2.05, 4.69) is 216 Å². The number of para-hydroxylation sites is 3. The van der Waals surface area contributed by atoms with E-state index in [1.807, 2.05) is 0 Å². The first kappa shape index (κ1) is 31.2. The molecule has 258 valence electrons. The molecule has 0 spiro atoms. The van der Waals surface area contributed by atoms with E-state index < -0.39 is 0 Å². The Labute approximate surface area is 318 Å². The van der Waals surface area contributed by atoms with Gasteiger partial charge in [0.05, 0.1) is 16.7 Å². The van der Waals surface area contributed by atoms with Gasteiger partial charge in [-0.25, -0.2) is 0 Å². The minimum Gasteiger partial charge on any atom is -0.456 e. The molecule has 9 aromatic carbocycles. The zero-order valence-corrected chi connectivity index (χ0v) is 29.9. The summed E-state index contributed by atoms with van der Waals surface area (Å²) in [6.07, 6.45) is 0. The molecule has 0 N–H and O–H groups in total. The summed E-state index contributed by atoms with van der Waals surface area (Å²) in [6, 6.07) is 73.8. The normalized spacial score (nSPS) is 11.6. The second-order valence-corrected chi connectivity index (χ2v) is 14.2.